The molecule has 1 atom stereocenters. The van der Waals surface area contributed by atoms with Crippen molar-refractivity contribution in [3.8, 4) is 5.88 Å². The summed E-state index contributed by atoms with van der Waals surface area (Å²) < 4.78 is 10.4. The summed E-state index contributed by atoms with van der Waals surface area (Å²) in [6, 6.07) is 1.78. The standard InChI is InChI=1S/C11H18ClN3O2/c1-4-17-10-5-8(2)13-11(15-10)14-9(6-12)7-16-3/h5,9H,4,6-7H2,1-3H3,(H,13,14,15). The maximum atomic E-state index is 5.81. The molecule has 96 valence electrons. The molecule has 0 spiro atoms. The zero-order valence-electron chi connectivity index (χ0n) is 10.4. The molecule has 0 saturated heterocycles. The SMILES string of the molecule is CCOc1cc(C)nc(NC(CCl)COC)n1. The van der Waals surface area contributed by atoms with E-state index in [1.807, 2.05) is 13.8 Å². The van der Waals surface area contributed by atoms with Crippen LogP contribution in [0.25, 0.3) is 0 Å². The molecule has 1 rings (SSSR count). The van der Waals surface area contributed by atoms with Crippen LogP contribution < -0.4 is 10.1 Å². The molecule has 0 fully saturated rings. The van der Waals surface area contributed by atoms with E-state index in [0.717, 1.165) is 5.69 Å². The number of methoxy groups -OCH3 is 1. The van der Waals surface area contributed by atoms with E-state index in [9.17, 15) is 0 Å². The lowest BCUT2D eigenvalue weighted by atomic mass is 10.3. The van der Waals surface area contributed by atoms with Gasteiger partial charge < -0.3 is 14.8 Å². The lowest BCUT2D eigenvalue weighted by molar-refractivity contribution is 0.191. The van der Waals surface area contributed by atoms with Crippen LogP contribution in [0.4, 0.5) is 5.95 Å². The minimum atomic E-state index is -0.0158. The second kappa shape index (κ2) is 7.29. The zero-order chi connectivity index (χ0) is 12.7. The Bertz CT molecular complexity index is 349. The third-order valence-electron chi connectivity index (χ3n) is 2.01. The summed E-state index contributed by atoms with van der Waals surface area (Å²) in [5.41, 5.74) is 0.844. The van der Waals surface area contributed by atoms with Crippen LogP contribution in [-0.4, -0.2) is 42.2 Å². The van der Waals surface area contributed by atoms with Gasteiger partial charge in [0.1, 0.15) is 0 Å². The highest BCUT2D eigenvalue weighted by atomic mass is 35.5. The summed E-state index contributed by atoms with van der Waals surface area (Å²) in [5, 5.41) is 3.11. The van der Waals surface area contributed by atoms with Crippen molar-refractivity contribution in [3.05, 3.63) is 11.8 Å². The Kier molecular flexibility index (Phi) is 6.00. The first-order chi connectivity index (χ1) is 8.19. The number of hydrogen-bond donors (Lipinski definition) is 1. The lowest BCUT2D eigenvalue weighted by Gasteiger charge is -2.15. The predicted molar refractivity (Wildman–Crippen MR) is 67.9 cm³/mol. The smallest absolute Gasteiger partial charge is 0.226 e. The Morgan fingerprint density at radius 1 is 1.47 bits per heavy atom. The van der Waals surface area contributed by atoms with Crippen molar-refractivity contribution in [1.82, 2.24) is 9.97 Å². The van der Waals surface area contributed by atoms with E-state index in [1.54, 1.807) is 13.2 Å². The average Bonchev–Trinajstić information content (AvgIpc) is 2.28. The first-order valence-electron chi connectivity index (χ1n) is 5.49. The molecule has 0 radical (unpaired) electrons. The van der Waals surface area contributed by atoms with Crippen LogP contribution in [0.5, 0.6) is 5.88 Å². The van der Waals surface area contributed by atoms with E-state index in [2.05, 4.69) is 15.3 Å². The van der Waals surface area contributed by atoms with E-state index in [0.29, 0.717) is 30.9 Å². The van der Waals surface area contributed by atoms with Gasteiger partial charge in [-0.1, -0.05) is 0 Å². The van der Waals surface area contributed by atoms with Crippen LogP contribution in [0.3, 0.4) is 0 Å². The molecule has 0 aromatic carbocycles. The second-order valence-electron chi connectivity index (χ2n) is 3.56. The van der Waals surface area contributed by atoms with Crippen LogP contribution in [-0.2, 0) is 4.74 Å². The maximum Gasteiger partial charge on any atom is 0.226 e. The van der Waals surface area contributed by atoms with Gasteiger partial charge in [-0.3, -0.25) is 0 Å². The third kappa shape index (κ3) is 4.75. The fourth-order valence-corrected chi connectivity index (χ4v) is 1.50. The normalized spacial score (nSPS) is 12.2. The minimum absolute atomic E-state index is 0.0158. The number of nitrogens with one attached hydrogen (secondary N) is 1. The molecule has 0 amide bonds. The summed E-state index contributed by atoms with van der Waals surface area (Å²) in [6.45, 7) is 4.89. The number of ether oxygens (including phenoxy) is 2. The molecule has 0 saturated carbocycles. The number of alkyl halides is 1. The molecule has 0 aliphatic carbocycles. The Hall–Kier alpha value is -1.07. The van der Waals surface area contributed by atoms with Crippen molar-refractivity contribution in [2.75, 3.05) is 31.5 Å². The summed E-state index contributed by atoms with van der Waals surface area (Å²) in [6.07, 6.45) is 0. The molecule has 1 unspecified atom stereocenters. The Balaban J connectivity index is 2.75. The van der Waals surface area contributed by atoms with E-state index in [4.69, 9.17) is 21.1 Å². The summed E-state index contributed by atoms with van der Waals surface area (Å²) >= 11 is 5.81. The van der Waals surface area contributed by atoms with Crippen molar-refractivity contribution in [3.63, 3.8) is 0 Å². The molecule has 0 aliphatic rings. The van der Waals surface area contributed by atoms with E-state index in [-0.39, 0.29) is 6.04 Å². The van der Waals surface area contributed by atoms with Crippen molar-refractivity contribution >= 4 is 17.5 Å². The third-order valence-corrected chi connectivity index (χ3v) is 2.38. The van der Waals surface area contributed by atoms with Crippen LogP contribution >= 0.6 is 11.6 Å². The summed E-state index contributed by atoms with van der Waals surface area (Å²) in [5.74, 6) is 1.50. The number of rotatable bonds is 7. The quantitative estimate of drug-likeness (QED) is 0.758. The molecule has 6 heteroatoms. The van der Waals surface area contributed by atoms with Crippen molar-refractivity contribution in [1.29, 1.82) is 0 Å². The van der Waals surface area contributed by atoms with Gasteiger partial charge in [-0.25, -0.2) is 4.98 Å². The molecular weight excluding hydrogens is 242 g/mol. The highest BCUT2D eigenvalue weighted by Gasteiger charge is 2.10. The average molecular weight is 260 g/mol. The van der Waals surface area contributed by atoms with Gasteiger partial charge in [0.2, 0.25) is 11.8 Å². The first kappa shape index (κ1) is 14.0. The van der Waals surface area contributed by atoms with E-state index < -0.39 is 0 Å². The lowest BCUT2D eigenvalue weighted by Crippen LogP contribution is -2.27. The highest BCUT2D eigenvalue weighted by molar-refractivity contribution is 6.18. The largest absolute Gasteiger partial charge is 0.478 e. The van der Waals surface area contributed by atoms with Gasteiger partial charge in [0.25, 0.3) is 0 Å². The Morgan fingerprint density at radius 2 is 2.24 bits per heavy atom. The van der Waals surface area contributed by atoms with Crippen LogP contribution in [0, 0.1) is 6.92 Å². The molecule has 17 heavy (non-hydrogen) atoms. The number of hydrogen-bond acceptors (Lipinski definition) is 5. The Morgan fingerprint density at radius 3 is 2.82 bits per heavy atom. The van der Waals surface area contributed by atoms with Gasteiger partial charge in [-0.05, 0) is 13.8 Å². The maximum absolute atomic E-state index is 5.81. The van der Waals surface area contributed by atoms with Crippen molar-refractivity contribution < 1.29 is 9.47 Å². The molecular formula is C11H18ClN3O2. The molecule has 1 heterocycles. The van der Waals surface area contributed by atoms with Gasteiger partial charge in [0.15, 0.2) is 0 Å². The summed E-state index contributed by atoms with van der Waals surface area (Å²) in [4.78, 5) is 8.50. The molecule has 0 bridgehead atoms. The highest BCUT2D eigenvalue weighted by Crippen LogP contribution is 2.12. The van der Waals surface area contributed by atoms with Crippen molar-refractivity contribution in [2.45, 2.75) is 19.9 Å². The second-order valence-corrected chi connectivity index (χ2v) is 3.86. The molecule has 1 N–H and O–H groups in total. The van der Waals surface area contributed by atoms with Crippen LogP contribution in [0.2, 0.25) is 0 Å². The fraction of sp³-hybridized carbons (Fsp3) is 0.636. The first-order valence-corrected chi connectivity index (χ1v) is 6.03. The summed E-state index contributed by atoms with van der Waals surface area (Å²) in [7, 11) is 1.63. The minimum Gasteiger partial charge on any atom is -0.478 e. The predicted octanol–water partition coefficient (Wildman–Crippen LogP) is 1.85. The van der Waals surface area contributed by atoms with Gasteiger partial charge in [-0.2, -0.15) is 4.98 Å². The van der Waals surface area contributed by atoms with Gasteiger partial charge in [0.05, 0.1) is 19.3 Å². The van der Waals surface area contributed by atoms with Crippen LogP contribution in [0.1, 0.15) is 12.6 Å². The number of anilines is 1. The number of aryl methyl sites for hydroxylation is 1. The zero-order valence-corrected chi connectivity index (χ0v) is 11.1. The molecule has 5 nitrogen and oxygen atoms in total. The molecule has 0 aliphatic heterocycles. The van der Waals surface area contributed by atoms with Gasteiger partial charge in [0, 0.05) is 24.8 Å². The van der Waals surface area contributed by atoms with E-state index in [1.165, 1.54) is 0 Å². The van der Waals surface area contributed by atoms with Crippen LogP contribution in [0.15, 0.2) is 6.07 Å². The van der Waals surface area contributed by atoms with Crippen molar-refractivity contribution in [2.24, 2.45) is 0 Å². The number of nitrogens with zero attached hydrogens (tertiary/aromatic N) is 2. The van der Waals surface area contributed by atoms with E-state index >= 15 is 0 Å². The number of aromatic nitrogens is 2. The monoisotopic (exact) mass is 259 g/mol. The fourth-order valence-electron chi connectivity index (χ4n) is 1.33. The molecule has 1 aromatic rings. The topological polar surface area (TPSA) is 56.3 Å². The van der Waals surface area contributed by atoms with Gasteiger partial charge in [-0.15, -0.1) is 11.6 Å². The number of halogens is 1. The Labute approximate surface area is 107 Å². The van der Waals surface area contributed by atoms with Gasteiger partial charge >= 0.3 is 0 Å². The molecule has 1 aromatic heterocycles.